The molecule has 19 heavy (non-hydrogen) atoms. The van der Waals surface area contributed by atoms with E-state index >= 15 is 0 Å². The summed E-state index contributed by atoms with van der Waals surface area (Å²) in [5, 5.41) is 11.9. The van der Waals surface area contributed by atoms with Gasteiger partial charge in [0.1, 0.15) is 23.3 Å². The van der Waals surface area contributed by atoms with Crippen LogP contribution in [0, 0.1) is 18.3 Å². The first kappa shape index (κ1) is 12.8. The number of nitriles is 1. The number of aromatic nitrogens is 2. The Hall–Kier alpha value is -2.61. The van der Waals surface area contributed by atoms with Gasteiger partial charge in [-0.3, -0.25) is 0 Å². The topological polar surface area (TPSA) is 70.8 Å². The molecule has 2 aromatic rings. The molecule has 96 valence electrons. The molecule has 1 N–H and O–H groups in total. The molecule has 0 atom stereocenters. The fraction of sp³-hybridized carbons (Fsp3) is 0.214. The first-order valence-corrected chi connectivity index (χ1v) is 5.80. The molecule has 0 radical (unpaired) electrons. The lowest BCUT2D eigenvalue weighted by Gasteiger charge is -2.09. The normalized spacial score (nSPS) is 9.79. The standard InChI is InChI=1S/C14H14N4O/c1-9-4-5-12(19-3)11(6-9)14-17-10(8-15)7-13(16-2)18-14/h4-7H,1-3H3,(H,16,17,18). The Morgan fingerprint density at radius 3 is 2.68 bits per heavy atom. The van der Waals surface area contributed by atoms with Gasteiger partial charge in [-0.05, 0) is 19.1 Å². The zero-order valence-corrected chi connectivity index (χ0v) is 11.1. The van der Waals surface area contributed by atoms with Gasteiger partial charge >= 0.3 is 0 Å². The molecule has 0 bridgehead atoms. The first-order valence-electron chi connectivity index (χ1n) is 5.80. The summed E-state index contributed by atoms with van der Waals surface area (Å²) in [6.07, 6.45) is 0. The minimum absolute atomic E-state index is 0.318. The second kappa shape index (κ2) is 5.36. The smallest absolute Gasteiger partial charge is 0.166 e. The molecule has 5 nitrogen and oxygen atoms in total. The summed E-state index contributed by atoms with van der Waals surface area (Å²) in [6, 6.07) is 9.40. The molecule has 1 aromatic heterocycles. The summed E-state index contributed by atoms with van der Waals surface area (Å²) in [5.41, 5.74) is 2.17. The molecule has 1 heterocycles. The third kappa shape index (κ3) is 2.63. The van der Waals surface area contributed by atoms with Gasteiger partial charge in [-0.25, -0.2) is 9.97 Å². The minimum Gasteiger partial charge on any atom is -0.496 e. The van der Waals surface area contributed by atoms with Crippen molar-refractivity contribution in [2.45, 2.75) is 6.92 Å². The molecule has 0 amide bonds. The maximum absolute atomic E-state index is 9.01. The van der Waals surface area contributed by atoms with E-state index in [1.807, 2.05) is 31.2 Å². The van der Waals surface area contributed by atoms with Crippen molar-refractivity contribution < 1.29 is 4.74 Å². The van der Waals surface area contributed by atoms with Gasteiger partial charge in [0.05, 0.1) is 12.7 Å². The largest absolute Gasteiger partial charge is 0.496 e. The van der Waals surface area contributed by atoms with Crippen LogP contribution < -0.4 is 10.1 Å². The van der Waals surface area contributed by atoms with Crippen LogP contribution in [0.15, 0.2) is 24.3 Å². The van der Waals surface area contributed by atoms with Crippen molar-refractivity contribution in [3.63, 3.8) is 0 Å². The van der Waals surface area contributed by atoms with Crippen molar-refractivity contribution >= 4 is 5.82 Å². The molecule has 0 spiro atoms. The van der Waals surface area contributed by atoms with Gasteiger partial charge in [0.25, 0.3) is 0 Å². The van der Waals surface area contributed by atoms with Crippen LogP contribution in [0.25, 0.3) is 11.4 Å². The second-order valence-electron chi connectivity index (χ2n) is 4.03. The highest BCUT2D eigenvalue weighted by Crippen LogP contribution is 2.29. The Bertz CT molecular complexity index is 646. The van der Waals surface area contributed by atoms with Crippen LogP contribution in [0.4, 0.5) is 5.82 Å². The molecular weight excluding hydrogens is 240 g/mol. The average molecular weight is 254 g/mol. The van der Waals surface area contributed by atoms with Gasteiger partial charge in [-0.2, -0.15) is 5.26 Å². The van der Waals surface area contributed by atoms with Crippen molar-refractivity contribution in [1.29, 1.82) is 5.26 Å². The van der Waals surface area contributed by atoms with Gasteiger partial charge in [0.15, 0.2) is 5.82 Å². The molecule has 0 unspecified atom stereocenters. The van der Waals surface area contributed by atoms with Crippen LogP contribution in [-0.2, 0) is 0 Å². The number of benzene rings is 1. The van der Waals surface area contributed by atoms with E-state index in [1.165, 1.54) is 0 Å². The Morgan fingerprint density at radius 1 is 1.26 bits per heavy atom. The van der Waals surface area contributed by atoms with E-state index in [1.54, 1.807) is 20.2 Å². The van der Waals surface area contributed by atoms with Crippen molar-refractivity contribution in [3.05, 3.63) is 35.5 Å². The number of methoxy groups -OCH3 is 1. The van der Waals surface area contributed by atoms with Crippen molar-refractivity contribution in [2.24, 2.45) is 0 Å². The summed E-state index contributed by atoms with van der Waals surface area (Å²) in [5.74, 6) is 1.76. The van der Waals surface area contributed by atoms with Gasteiger partial charge < -0.3 is 10.1 Å². The van der Waals surface area contributed by atoms with E-state index < -0.39 is 0 Å². The molecule has 2 rings (SSSR count). The van der Waals surface area contributed by atoms with Crippen LogP contribution in [0.3, 0.4) is 0 Å². The van der Waals surface area contributed by atoms with Crippen LogP contribution in [0.5, 0.6) is 5.75 Å². The lowest BCUT2D eigenvalue weighted by Crippen LogP contribution is -2.00. The number of rotatable bonds is 3. The maximum atomic E-state index is 9.01. The zero-order valence-electron chi connectivity index (χ0n) is 11.1. The summed E-state index contributed by atoms with van der Waals surface area (Å²) in [6.45, 7) is 1.98. The molecule has 0 saturated heterocycles. The molecule has 0 aliphatic heterocycles. The van der Waals surface area contributed by atoms with Crippen LogP contribution in [0.2, 0.25) is 0 Å². The summed E-state index contributed by atoms with van der Waals surface area (Å²) >= 11 is 0. The molecule has 5 heteroatoms. The molecule has 0 saturated carbocycles. The molecule has 0 fully saturated rings. The van der Waals surface area contributed by atoms with Crippen molar-refractivity contribution in [1.82, 2.24) is 9.97 Å². The van der Waals surface area contributed by atoms with Gasteiger partial charge in [0, 0.05) is 13.1 Å². The number of nitrogens with one attached hydrogen (secondary N) is 1. The Labute approximate surface area is 111 Å². The molecule has 0 aliphatic carbocycles. The highest BCUT2D eigenvalue weighted by molar-refractivity contribution is 5.67. The number of aryl methyl sites for hydroxylation is 1. The van der Waals surface area contributed by atoms with E-state index in [4.69, 9.17) is 10.00 Å². The van der Waals surface area contributed by atoms with E-state index in [-0.39, 0.29) is 0 Å². The fourth-order valence-electron chi connectivity index (χ4n) is 1.75. The van der Waals surface area contributed by atoms with Crippen LogP contribution >= 0.6 is 0 Å². The Morgan fingerprint density at radius 2 is 2.05 bits per heavy atom. The number of hydrogen-bond donors (Lipinski definition) is 1. The minimum atomic E-state index is 0.318. The average Bonchev–Trinajstić information content (AvgIpc) is 2.46. The maximum Gasteiger partial charge on any atom is 0.166 e. The summed E-state index contributed by atoms with van der Waals surface area (Å²) < 4.78 is 5.32. The van der Waals surface area contributed by atoms with E-state index in [0.717, 1.165) is 11.1 Å². The van der Waals surface area contributed by atoms with E-state index in [9.17, 15) is 0 Å². The number of hydrogen-bond acceptors (Lipinski definition) is 5. The fourth-order valence-corrected chi connectivity index (χ4v) is 1.75. The van der Waals surface area contributed by atoms with Gasteiger partial charge in [-0.15, -0.1) is 0 Å². The number of nitrogens with zero attached hydrogens (tertiary/aromatic N) is 3. The third-order valence-electron chi connectivity index (χ3n) is 2.69. The van der Waals surface area contributed by atoms with Gasteiger partial charge in [-0.1, -0.05) is 11.6 Å². The monoisotopic (exact) mass is 254 g/mol. The predicted molar refractivity (Wildman–Crippen MR) is 73.0 cm³/mol. The Balaban J connectivity index is 2.64. The third-order valence-corrected chi connectivity index (χ3v) is 2.69. The van der Waals surface area contributed by atoms with Crippen molar-refractivity contribution in [3.8, 4) is 23.2 Å². The molecular formula is C14H14N4O. The van der Waals surface area contributed by atoms with Crippen molar-refractivity contribution in [2.75, 3.05) is 19.5 Å². The SMILES string of the molecule is CNc1cc(C#N)nc(-c2cc(C)ccc2OC)n1. The lowest BCUT2D eigenvalue weighted by atomic mass is 10.1. The van der Waals surface area contributed by atoms with E-state index in [2.05, 4.69) is 15.3 Å². The number of ether oxygens (including phenoxy) is 1. The van der Waals surface area contributed by atoms with Gasteiger partial charge in [0.2, 0.25) is 0 Å². The van der Waals surface area contributed by atoms with E-state index in [0.29, 0.717) is 23.1 Å². The highest BCUT2D eigenvalue weighted by atomic mass is 16.5. The van der Waals surface area contributed by atoms with Crippen LogP contribution in [-0.4, -0.2) is 24.1 Å². The molecule has 0 aliphatic rings. The molecule has 1 aromatic carbocycles. The lowest BCUT2D eigenvalue weighted by molar-refractivity contribution is 0.416. The predicted octanol–water partition coefficient (Wildman–Crippen LogP) is 2.37. The zero-order chi connectivity index (χ0) is 13.8. The number of anilines is 1. The quantitative estimate of drug-likeness (QED) is 0.910. The first-order chi connectivity index (χ1) is 9.17. The second-order valence-corrected chi connectivity index (χ2v) is 4.03. The summed E-state index contributed by atoms with van der Waals surface area (Å²) in [4.78, 5) is 8.59. The summed E-state index contributed by atoms with van der Waals surface area (Å²) in [7, 11) is 3.35. The highest BCUT2D eigenvalue weighted by Gasteiger charge is 2.11. The Kier molecular flexibility index (Phi) is 3.62. The van der Waals surface area contributed by atoms with Crippen LogP contribution in [0.1, 0.15) is 11.3 Å².